The molecule has 0 aliphatic carbocycles. The van der Waals surface area contributed by atoms with E-state index >= 15 is 0 Å². The Bertz CT molecular complexity index is 478. The molecule has 2 rings (SSSR count). The van der Waals surface area contributed by atoms with E-state index in [1.54, 1.807) is 25.2 Å². The number of amides is 1. The smallest absolute Gasteiger partial charge is 0.268 e. The van der Waals surface area contributed by atoms with Gasteiger partial charge in [0.25, 0.3) is 5.91 Å². The summed E-state index contributed by atoms with van der Waals surface area (Å²) in [5.41, 5.74) is 0.680. The molecule has 2 nitrogen and oxygen atoms in total. The van der Waals surface area contributed by atoms with E-state index in [0.717, 1.165) is 0 Å². The molecule has 0 radical (unpaired) electrons. The van der Waals surface area contributed by atoms with Crippen LogP contribution in [0, 0.1) is 5.82 Å². The third-order valence-corrected chi connectivity index (χ3v) is 3.11. The molecule has 0 bridgehead atoms. The number of rotatable bonds is 2. The second kappa shape index (κ2) is 4.45. The first-order valence-corrected chi connectivity index (χ1v) is 5.63. The molecule has 1 aromatic carbocycles. The summed E-state index contributed by atoms with van der Waals surface area (Å²) in [6.07, 6.45) is 0. The lowest BCUT2D eigenvalue weighted by Crippen LogP contribution is -2.25. The lowest BCUT2D eigenvalue weighted by atomic mass is 10.3. The van der Waals surface area contributed by atoms with E-state index in [4.69, 9.17) is 0 Å². The summed E-state index contributed by atoms with van der Waals surface area (Å²) in [7, 11) is 1.68. The van der Waals surface area contributed by atoms with Crippen molar-refractivity contribution in [2.24, 2.45) is 0 Å². The summed E-state index contributed by atoms with van der Waals surface area (Å²) in [4.78, 5) is 14.1. The molecule has 0 saturated heterocycles. The van der Waals surface area contributed by atoms with Gasteiger partial charge in [-0.15, -0.1) is 11.3 Å². The van der Waals surface area contributed by atoms with E-state index in [2.05, 4.69) is 0 Å². The first-order valence-electron chi connectivity index (χ1n) is 4.75. The van der Waals surface area contributed by atoms with Gasteiger partial charge in [0.2, 0.25) is 0 Å². The summed E-state index contributed by atoms with van der Waals surface area (Å²) in [5.74, 6) is -0.387. The summed E-state index contributed by atoms with van der Waals surface area (Å²) < 4.78 is 12.7. The number of hydrogen-bond acceptors (Lipinski definition) is 2. The molecule has 0 aliphatic rings. The van der Waals surface area contributed by atoms with Gasteiger partial charge in [0.05, 0.1) is 4.88 Å². The van der Waals surface area contributed by atoms with Crippen LogP contribution in [0.15, 0.2) is 41.8 Å². The van der Waals surface area contributed by atoms with Crippen molar-refractivity contribution in [3.05, 3.63) is 52.5 Å². The monoisotopic (exact) mass is 235 g/mol. The fourth-order valence-corrected chi connectivity index (χ4v) is 2.05. The Kier molecular flexibility index (Phi) is 3.01. The normalized spacial score (nSPS) is 10.1. The van der Waals surface area contributed by atoms with Gasteiger partial charge < -0.3 is 4.90 Å². The Balaban J connectivity index is 2.22. The zero-order valence-corrected chi connectivity index (χ0v) is 9.50. The molecule has 0 spiro atoms. The fourth-order valence-electron chi connectivity index (χ4n) is 1.35. The van der Waals surface area contributed by atoms with Crippen molar-refractivity contribution in [2.45, 2.75) is 0 Å². The van der Waals surface area contributed by atoms with Crippen LogP contribution >= 0.6 is 11.3 Å². The number of hydrogen-bond donors (Lipinski definition) is 0. The molecule has 4 heteroatoms. The molecule has 1 aromatic heterocycles. The van der Waals surface area contributed by atoms with Crippen LogP contribution in [0.1, 0.15) is 9.67 Å². The Morgan fingerprint density at radius 3 is 2.50 bits per heavy atom. The highest BCUT2D eigenvalue weighted by molar-refractivity contribution is 7.12. The van der Waals surface area contributed by atoms with Gasteiger partial charge in [0.1, 0.15) is 5.82 Å². The van der Waals surface area contributed by atoms with Crippen LogP contribution in [-0.2, 0) is 0 Å². The van der Waals surface area contributed by atoms with E-state index in [0.29, 0.717) is 10.6 Å². The van der Waals surface area contributed by atoms with Crippen LogP contribution in [0.25, 0.3) is 0 Å². The fraction of sp³-hybridized carbons (Fsp3) is 0.0833. The molecule has 0 aliphatic heterocycles. The van der Waals surface area contributed by atoms with Crippen molar-refractivity contribution in [3.63, 3.8) is 0 Å². The molecule has 0 saturated carbocycles. The third-order valence-electron chi connectivity index (χ3n) is 2.25. The van der Waals surface area contributed by atoms with Gasteiger partial charge in [-0.05, 0) is 35.7 Å². The SMILES string of the molecule is CN(C(=O)c1cccs1)c1ccc(F)cc1. The van der Waals surface area contributed by atoms with E-state index in [9.17, 15) is 9.18 Å². The number of nitrogens with zero attached hydrogens (tertiary/aromatic N) is 1. The molecular weight excluding hydrogens is 225 g/mol. The van der Waals surface area contributed by atoms with Gasteiger partial charge in [0.15, 0.2) is 0 Å². The lowest BCUT2D eigenvalue weighted by molar-refractivity contribution is 0.0997. The minimum Gasteiger partial charge on any atom is -0.311 e. The number of carbonyl (C=O) groups excluding carboxylic acids is 1. The maximum absolute atomic E-state index is 12.7. The number of thiophene rings is 1. The van der Waals surface area contributed by atoms with Crippen LogP contribution in [-0.4, -0.2) is 13.0 Å². The molecule has 1 heterocycles. The number of benzene rings is 1. The average molecular weight is 235 g/mol. The van der Waals surface area contributed by atoms with E-state index in [1.165, 1.54) is 28.4 Å². The quantitative estimate of drug-likeness (QED) is 0.783. The van der Waals surface area contributed by atoms with Gasteiger partial charge in [-0.3, -0.25) is 4.79 Å². The van der Waals surface area contributed by atoms with E-state index in [-0.39, 0.29) is 11.7 Å². The van der Waals surface area contributed by atoms with Crippen molar-refractivity contribution in [1.82, 2.24) is 0 Å². The zero-order chi connectivity index (χ0) is 11.5. The van der Waals surface area contributed by atoms with Gasteiger partial charge in [-0.1, -0.05) is 6.07 Å². The van der Waals surface area contributed by atoms with Crippen molar-refractivity contribution in [1.29, 1.82) is 0 Å². The maximum atomic E-state index is 12.7. The number of carbonyl (C=O) groups is 1. The summed E-state index contributed by atoms with van der Waals surface area (Å²) in [6.45, 7) is 0. The van der Waals surface area contributed by atoms with Gasteiger partial charge >= 0.3 is 0 Å². The highest BCUT2D eigenvalue weighted by atomic mass is 32.1. The largest absolute Gasteiger partial charge is 0.311 e. The van der Waals surface area contributed by atoms with Crippen LogP contribution in [0.5, 0.6) is 0 Å². The van der Waals surface area contributed by atoms with Crippen LogP contribution in [0.4, 0.5) is 10.1 Å². The van der Waals surface area contributed by atoms with Crippen molar-refractivity contribution < 1.29 is 9.18 Å². The predicted octanol–water partition coefficient (Wildman–Crippen LogP) is 3.16. The lowest BCUT2D eigenvalue weighted by Gasteiger charge is -2.16. The van der Waals surface area contributed by atoms with Crippen LogP contribution < -0.4 is 4.90 Å². The molecular formula is C12H10FNOS. The zero-order valence-electron chi connectivity index (χ0n) is 8.68. The highest BCUT2D eigenvalue weighted by Crippen LogP contribution is 2.18. The van der Waals surface area contributed by atoms with E-state index < -0.39 is 0 Å². The van der Waals surface area contributed by atoms with Crippen molar-refractivity contribution >= 4 is 22.9 Å². The Hall–Kier alpha value is -1.68. The minimum absolute atomic E-state index is 0.0818. The van der Waals surface area contributed by atoms with Crippen molar-refractivity contribution in [3.8, 4) is 0 Å². The molecule has 0 fully saturated rings. The molecule has 0 atom stereocenters. The Morgan fingerprint density at radius 1 is 1.25 bits per heavy atom. The molecule has 2 aromatic rings. The van der Waals surface area contributed by atoms with Crippen LogP contribution in [0.2, 0.25) is 0 Å². The van der Waals surface area contributed by atoms with E-state index in [1.807, 2.05) is 11.4 Å². The van der Waals surface area contributed by atoms with Crippen LogP contribution in [0.3, 0.4) is 0 Å². The standard InChI is InChI=1S/C12H10FNOS/c1-14(10-6-4-9(13)5-7-10)12(15)11-3-2-8-16-11/h2-8H,1H3. The first-order chi connectivity index (χ1) is 7.68. The minimum atomic E-state index is -0.305. The summed E-state index contributed by atoms with van der Waals surface area (Å²) in [6, 6.07) is 9.45. The Labute approximate surface area is 96.9 Å². The molecule has 0 unspecified atom stereocenters. The second-order valence-corrected chi connectivity index (χ2v) is 4.27. The van der Waals surface area contributed by atoms with Gasteiger partial charge in [-0.25, -0.2) is 4.39 Å². The topological polar surface area (TPSA) is 20.3 Å². The number of anilines is 1. The second-order valence-electron chi connectivity index (χ2n) is 3.32. The van der Waals surface area contributed by atoms with Crippen molar-refractivity contribution in [2.75, 3.05) is 11.9 Å². The summed E-state index contributed by atoms with van der Waals surface area (Å²) in [5, 5.41) is 1.85. The third kappa shape index (κ3) is 2.12. The number of halogens is 1. The van der Waals surface area contributed by atoms with Gasteiger partial charge in [-0.2, -0.15) is 0 Å². The average Bonchev–Trinajstić information content (AvgIpc) is 2.81. The predicted molar refractivity (Wildman–Crippen MR) is 63.5 cm³/mol. The maximum Gasteiger partial charge on any atom is 0.268 e. The molecule has 0 N–H and O–H groups in total. The Morgan fingerprint density at radius 2 is 1.94 bits per heavy atom. The molecule has 1 amide bonds. The highest BCUT2D eigenvalue weighted by Gasteiger charge is 2.13. The first kappa shape index (κ1) is 10.8. The molecule has 16 heavy (non-hydrogen) atoms. The summed E-state index contributed by atoms with van der Waals surface area (Å²) >= 11 is 1.39. The van der Waals surface area contributed by atoms with Gasteiger partial charge in [0, 0.05) is 12.7 Å². The molecule has 82 valence electrons.